The summed E-state index contributed by atoms with van der Waals surface area (Å²) >= 11 is 0. The second-order valence-corrected chi connectivity index (χ2v) is 7.78. The van der Waals surface area contributed by atoms with E-state index < -0.39 is 0 Å². The number of aliphatic imine (C=N–C) groups is 1. The molecule has 1 saturated heterocycles. The molecule has 0 aromatic heterocycles. The van der Waals surface area contributed by atoms with Crippen LogP contribution in [0.15, 0.2) is 4.99 Å². The van der Waals surface area contributed by atoms with Crippen molar-refractivity contribution in [3.05, 3.63) is 0 Å². The van der Waals surface area contributed by atoms with Crippen LogP contribution < -0.4 is 10.6 Å². The van der Waals surface area contributed by atoms with Crippen LogP contribution >= 0.6 is 0 Å². The van der Waals surface area contributed by atoms with E-state index in [-0.39, 0.29) is 0 Å². The minimum Gasteiger partial charge on any atom is -0.356 e. The normalized spacial score (nSPS) is 29.8. The van der Waals surface area contributed by atoms with Crippen molar-refractivity contribution >= 4 is 5.96 Å². The molecule has 2 aliphatic carbocycles. The van der Waals surface area contributed by atoms with Crippen molar-refractivity contribution in [3.63, 3.8) is 0 Å². The highest BCUT2D eigenvalue weighted by Gasteiger charge is 2.37. The molecular formula is C17H32N4. The minimum absolute atomic E-state index is 0.530. The molecule has 0 bridgehead atoms. The molecule has 1 aliphatic heterocycles. The first-order valence-electron chi connectivity index (χ1n) is 8.86. The summed E-state index contributed by atoms with van der Waals surface area (Å²) in [4.78, 5) is 7.04. The summed E-state index contributed by atoms with van der Waals surface area (Å²) in [5.74, 6) is 1.96. The molecule has 120 valence electrons. The summed E-state index contributed by atoms with van der Waals surface area (Å²) < 4.78 is 0. The van der Waals surface area contributed by atoms with Gasteiger partial charge >= 0.3 is 0 Å². The van der Waals surface area contributed by atoms with Crippen molar-refractivity contribution in [2.45, 2.75) is 57.9 Å². The number of guanidine groups is 1. The fourth-order valence-corrected chi connectivity index (χ4v) is 3.75. The molecular weight excluding hydrogens is 260 g/mol. The van der Waals surface area contributed by atoms with E-state index in [0.717, 1.165) is 18.4 Å². The Labute approximate surface area is 129 Å². The quantitative estimate of drug-likeness (QED) is 0.603. The number of hydrogen-bond acceptors (Lipinski definition) is 2. The first kappa shape index (κ1) is 15.1. The topological polar surface area (TPSA) is 39.7 Å². The fraction of sp³-hybridized carbons (Fsp3) is 0.941. The van der Waals surface area contributed by atoms with Gasteiger partial charge in [-0.05, 0) is 43.4 Å². The highest BCUT2D eigenvalue weighted by molar-refractivity contribution is 5.80. The SMILES string of the molecule is CN=C(NCC1(C)CC1)NC1CCN(CC2CCCC2)C1. The fourth-order valence-electron chi connectivity index (χ4n) is 3.75. The molecule has 3 rings (SSSR count). The summed E-state index contributed by atoms with van der Waals surface area (Å²) in [6.07, 6.45) is 9.79. The van der Waals surface area contributed by atoms with Crippen LogP contribution in [-0.4, -0.2) is 50.1 Å². The first-order valence-corrected chi connectivity index (χ1v) is 8.86. The monoisotopic (exact) mass is 292 g/mol. The maximum absolute atomic E-state index is 4.39. The van der Waals surface area contributed by atoms with E-state index in [1.54, 1.807) is 0 Å². The van der Waals surface area contributed by atoms with Gasteiger partial charge in [0.15, 0.2) is 5.96 Å². The van der Waals surface area contributed by atoms with Crippen molar-refractivity contribution in [3.8, 4) is 0 Å². The minimum atomic E-state index is 0.530. The van der Waals surface area contributed by atoms with Gasteiger partial charge in [-0.15, -0.1) is 0 Å². The smallest absolute Gasteiger partial charge is 0.191 e. The zero-order valence-electron chi connectivity index (χ0n) is 13.8. The van der Waals surface area contributed by atoms with Crippen LogP contribution in [0.5, 0.6) is 0 Å². The Bertz CT molecular complexity index is 369. The van der Waals surface area contributed by atoms with Gasteiger partial charge in [0.2, 0.25) is 0 Å². The van der Waals surface area contributed by atoms with E-state index in [2.05, 4.69) is 27.4 Å². The van der Waals surface area contributed by atoms with Gasteiger partial charge < -0.3 is 15.5 Å². The lowest BCUT2D eigenvalue weighted by atomic mass is 10.1. The van der Waals surface area contributed by atoms with Crippen LogP contribution in [-0.2, 0) is 0 Å². The molecule has 0 aromatic carbocycles. The van der Waals surface area contributed by atoms with Crippen LogP contribution in [0, 0.1) is 11.3 Å². The molecule has 1 atom stereocenters. The van der Waals surface area contributed by atoms with Crippen molar-refractivity contribution < 1.29 is 0 Å². The van der Waals surface area contributed by atoms with E-state index in [0.29, 0.717) is 11.5 Å². The van der Waals surface area contributed by atoms with Crippen molar-refractivity contribution in [1.29, 1.82) is 0 Å². The number of rotatable bonds is 5. The maximum Gasteiger partial charge on any atom is 0.191 e. The van der Waals surface area contributed by atoms with Gasteiger partial charge in [0.05, 0.1) is 0 Å². The number of nitrogens with zero attached hydrogens (tertiary/aromatic N) is 2. The lowest BCUT2D eigenvalue weighted by molar-refractivity contribution is 0.275. The highest BCUT2D eigenvalue weighted by Crippen LogP contribution is 2.43. The Hall–Kier alpha value is -0.770. The van der Waals surface area contributed by atoms with E-state index in [9.17, 15) is 0 Å². The van der Waals surface area contributed by atoms with Crippen molar-refractivity contribution in [2.24, 2.45) is 16.3 Å². The van der Waals surface area contributed by atoms with Crippen LogP contribution in [0.25, 0.3) is 0 Å². The van der Waals surface area contributed by atoms with E-state index in [4.69, 9.17) is 0 Å². The predicted molar refractivity (Wildman–Crippen MR) is 88.6 cm³/mol. The first-order chi connectivity index (χ1) is 10.2. The Balaban J connectivity index is 1.38. The lowest BCUT2D eigenvalue weighted by Crippen LogP contribution is -2.46. The number of nitrogens with one attached hydrogen (secondary N) is 2. The summed E-state index contributed by atoms with van der Waals surface area (Å²) in [6, 6.07) is 0.574. The standard InChI is InChI=1S/C17H32N4/c1-17(8-9-17)13-19-16(18-2)20-15-7-10-21(12-15)11-14-5-3-4-6-14/h14-15H,3-13H2,1-2H3,(H2,18,19,20). The van der Waals surface area contributed by atoms with E-state index in [1.165, 1.54) is 64.6 Å². The molecule has 1 heterocycles. The summed E-state index contributed by atoms with van der Waals surface area (Å²) in [7, 11) is 1.88. The predicted octanol–water partition coefficient (Wildman–Crippen LogP) is 2.22. The second kappa shape index (κ2) is 6.55. The molecule has 3 fully saturated rings. The average molecular weight is 292 g/mol. The molecule has 2 N–H and O–H groups in total. The third-order valence-corrected chi connectivity index (χ3v) is 5.61. The average Bonchev–Trinajstić information content (AvgIpc) is 2.90. The Morgan fingerprint density at radius 3 is 2.67 bits per heavy atom. The zero-order chi connectivity index (χ0) is 14.7. The van der Waals surface area contributed by atoms with Crippen LogP contribution in [0.2, 0.25) is 0 Å². The van der Waals surface area contributed by atoms with Gasteiger partial charge in [-0.2, -0.15) is 0 Å². The van der Waals surface area contributed by atoms with Gasteiger partial charge in [0.1, 0.15) is 0 Å². The molecule has 2 saturated carbocycles. The number of hydrogen-bond donors (Lipinski definition) is 2. The molecule has 0 aromatic rings. The van der Waals surface area contributed by atoms with Gasteiger partial charge in [0, 0.05) is 39.3 Å². The van der Waals surface area contributed by atoms with Gasteiger partial charge in [0.25, 0.3) is 0 Å². The molecule has 0 radical (unpaired) electrons. The summed E-state index contributed by atoms with van der Waals surface area (Å²) in [5.41, 5.74) is 0.530. The second-order valence-electron chi connectivity index (χ2n) is 7.78. The zero-order valence-corrected chi connectivity index (χ0v) is 13.8. The summed E-state index contributed by atoms with van der Waals surface area (Å²) in [5, 5.41) is 7.13. The molecule has 1 unspecified atom stereocenters. The highest BCUT2D eigenvalue weighted by atomic mass is 15.2. The van der Waals surface area contributed by atoms with Gasteiger partial charge in [-0.3, -0.25) is 4.99 Å². The van der Waals surface area contributed by atoms with Crippen LogP contribution in [0.4, 0.5) is 0 Å². The van der Waals surface area contributed by atoms with E-state index >= 15 is 0 Å². The summed E-state index contributed by atoms with van der Waals surface area (Å²) in [6.45, 7) is 7.18. The van der Waals surface area contributed by atoms with Gasteiger partial charge in [-0.25, -0.2) is 0 Å². The maximum atomic E-state index is 4.39. The van der Waals surface area contributed by atoms with Crippen molar-refractivity contribution in [1.82, 2.24) is 15.5 Å². The van der Waals surface area contributed by atoms with Crippen molar-refractivity contribution in [2.75, 3.05) is 33.2 Å². The van der Waals surface area contributed by atoms with Gasteiger partial charge in [-0.1, -0.05) is 19.8 Å². The molecule has 4 nitrogen and oxygen atoms in total. The number of likely N-dealkylation sites (tertiary alicyclic amines) is 1. The molecule has 3 aliphatic rings. The third-order valence-electron chi connectivity index (χ3n) is 5.61. The van der Waals surface area contributed by atoms with Crippen LogP contribution in [0.3, 0.4) is 0 Å². The van der Waals surface area contributed by atoms with E-state index in [1.807, 2.05) is 7.05 Å². The Morgan fingerprint density at radius 1 is 1.24 bits per heavy atom. The Morgan fingerprint density at radius 2 is 2.00 bits per heavy atom. The van der Waals surface area contributed by atoms with Crippen LogP contribution in [0.1, 0.15) is 51.9 Å². The lowest BCUT2D eigenvalue weighted by Gasteiger charge is -2.22. The third kappa shape index (κ3) is 4.35. The Kier molecular flexibility index (Phi) is 4.72. The largest absolute Gasteiger partial charge is 0.356 e. The molecule has 21 heavy (non-hydrogen) atoms. The molecule has 0 spiro atoms. The molecule has 0 amide bonds. The molecule has 4 heteroatoms.